The van der Waals surface area contributed by atoms with Crippen molar-refractivity contribution >= 4 is 37.5 Å². The van der Waals surface area contributed by atoms with E-state index in [4.69, 9.17) is 4.74 Å². The van der Waals surface area contributed by atoms with Crippen LogP contribution in [0.3, 0.4) is 0 Å². The van der Waals surface area contributed by atoms with Crippen LogP contribution in [0.2, 0.25) is 0 Å². The summed E-state index contributed by atoms with van der Waals surface area (Å²) in [4.78, 5) is 12.2. The Hall–Kier alpha value is -1.90. The van der Waals surface area contributed by atoms with Gasteiger partial charge in [-0.05, 0) is 55.3 Å². The number of ether oxygens (including phenoxy) is 1. The van der Waals surface area contributed by atoms with Crippen LogP contribution in [0.4, 0.5) is 5.69 Å². The molecule has 3 rings (SSSR count). The SMILES string of the molecule is O=C(COc1ccc(S(=O)(=O)N2CCCCC2)cc1)Nc1cccc(Br)c1. The summed E-state index contributed by atoms with van der Waals surface area (Å²) in [6, 6.07) is 13.4. The molecule has 0 spiro atoms. The molecule has 0 bridgehead atoms. The van der Waals surface area contributed by atoms with Crippen molar-refractivity contribution in [2.45, 2.75) is 24.2 Å². The highest BCUT2D eigenvalue weighted by atomic mass is 79.9. The second-order valence-electron chi connectivity index (χ2n) is 6.28. The predicted octanol–water partition coefficient (Wildman–Crippen LogP) is 3.64. The Morgan fingerprint density at radius 1 is 1.07 bits per heavy atom. The van der Waals surface area contributed by atoms with Crippen molar-refractivity contribution in [1.29, 1.82) is 0 Å². The number of nitrogens with zero attached hydrogens (tertiary/aromatic N) is 1. The molecule has 0 atom stereocenters. The average Bonchev–Trinajstić information content (AvgIpc) is 2.67. The van der Waals surface area contributed by atoms with Gasteiger partial charge in [0.05, 0.1) is 4.90 Å². The molecule has 0 saturated carbocycles. The van der Waals surface area contributed by atoms with Gasteiger partial charge in [0.25, 0.3) is 5.91 Å². The van der Waals surface area contributed by atoms with Gasteiger partial charge in [-0.25, -0.2) is 8.42 Å². The molecule has 1 fully saturated rings. The third kappa shape index (κ3) is 5.31. The number of carbonyl (C=O) groups is 1. The van der Waals surface area contributed by atoms with E-state index >= 15 is 0 Å². The first kappa shape index (κ1) is 19.9. The van der Waals surface area contributed by atoms with Crippen molar-refractivity contribution < 1.29 is 17.9 Å². The van der Waals surface area contributed by atoms with Crippen molar-refractivity contribution in [1.82, 2.24) is 4.31 Å². The second-order valence-corrected chi connectivity index (χ2v) is 9.14. The van der Waals surface area contributed by atoms with E-state index in [1.54, 1.807) is 24.3 Å². The van der Waals surface area contributed by atoms with Crippen LogP contribution in [0.25, 0.3) is 0 Å². The van der Waals surface area contributed by atoms with Crippen LogP contribution >= 0.6 is 15.9 Å². The zero-order chi connectivity index (χ0) is 19.3. The van der Waals surface area contributed by atoms with E-state index in [1.807, 2.05) is 12.1 Å². The van der Waals surface area contributed by atoms with Crippen molar-refractivity contribution in [3.8, 4) is 5.75 Å². The number of sulfonamides is 1. The van der Waals surface area contributed by atoms with E-state index in [0.717, 1.165) is 23.7 Å². The molecule has 8 heteroatoms. The minimum atomic E-state index is -3.46. The highest BCUT2D eigenvalue weighted by Crippen LogP contribution is 2.22. The Bertz CT molecular complexity index is 894. The molecular weight excluding hydrogens is 432 g/mol. The lowest BCUT2D eigenvalue weighted by Crippen LogP contribution is -2.35. The van der Waals surface area contributed by atoms with E-state index in [2.05, 4.69) is 21.2 Å². The summed E-state index contributed by atoms with van der Waals surface area (Å²) in [6.07, 6.45) is 2.86. The van der Waals surface area contributed by atoms with Crippen LogP contribution in [-0.4, -0.2) is 38.3 Å². The topological polar surface area (TPSA) is 75.7 Å². The number of benzene rings is 2. The van der Waals surface area contributed by atoms with Gasteiger partial charge >= 0.3 is 0 Å². The lowest BCUT2D eigenvalue weighted by molar-refractivity contribution is -0.118. The number of carbonyl (C=O) groups excluding carboxylic acids is 1. The zero-order valence-electron chi connectivity index (χ0n) is 14.7. The number of halogens is 1. The van der Waals surface area contributed by atoms with Gasteiger partial charge in [0, 0.05) is 23.2 Å². The van der Waals surface area contributed by atoms with Gasteiger partial charge in [-0.3, -0.25) is 4.79 Å². The number of nitrogens with one attached hydrogen (secondary N) is 1. The molecule has 27 heavy (non-hydrogen) atoms. The Labute approximate surface area is 167 Å². The van der Waals surface area contributed by atoms with Crippen LogP contribution in [0.1, 0.15) is 19.3 Å². The Morgan fingerprint density at radius 2 is 1.78 bits per heavy atom. The molecule has 1 amide bonds. The van der Waals surface area contributed by atoms with E-state index in [1.165, 1.54) is 16.4 Å². The third-order valence-corrected chi connectivity index (χ3v) is 6.66. The molecule has 0 radical (unpaired) electrons. The molecule has 6 nitrogen and oxygen atoms in total. The summed E-state index contributed by atoms with van der Waals surface area (Å²) in [5.41, 5.74) is 0.668. The molecule has 2 aromatic rings. The van der Waals surface area contributed by atoms with Crippen LogP contribution in [-0.2, 0) is 14.8 Å². The molecule has 0 aliphatic carbocycles. The number of amides is 1. The Kier molecular flexibility index (Phi) is 6.51. The summed E-state index contributed by atoms with van der Waals surface area (Å²) >= 11 is 3.34. The van der Waals surface area contributed by atoms with Crippen molar-refractivity contribution in [3.05, 3.63) is 53.0 Å². The highest BCUT2D eigenvalue weighted by molar-refractivity contribution is 9.10. The molecule has 1 heterocycles. The molecule has 2 aromatic carbocycles. The van der Waals surface area contributed by atoms with E-state index in [-0.39, 0.29) is 17.4 Å². The zero-order valence-corrected chi connectivity index (χ0v) is 17.1. The van der Waals surface area contributed by atoms with Gasteiger partial charge in [0.1, 0.15) is 5.75 Å². The predicted molar refractivity (Wildman–Crippen MR) is 107 cm³/mol. The van der Waals surface area contributed by atoms with Gasteiger partial charge < -0.3 is 10.1 Å². The van der Waals surface area contributed by atoms with Gasteiger partial charge in [-0.1, -0.05) is 28.4 Å². The fraction of sp³-hybridized carbons (Fsp3) is 0.316. The molecule has 1 aliphatic rings. The van der Waals surface area contributed by atoms with Crippen LogP contribution < -0.4 is 10.1 Å². The third-order valence-electron chi connectivity index (χ3n) is 4.25. The lowest BCUT2D eigenvalue weighted by Gasteiger charge is -2.25. The minimum Gasteiger partial charge on any atom is -0.484 e. The fourth-order valence-corrected chi connectivity index (χ4v) is 4.79. The van der Waals surface area contributed by atoms with Crippen molar-refractivity contribution in [2.75, 3.05) is 25.0 Å². The van der Waals surface area contributed by atoms with Gasteiger partial charge in [0.2, 0.25) is 10.0 Å². The molecule has 144 valence electrons. The summed E-state index contributed by atoms with van der Waals surface area (Å²) in [5, 5.41) is 2.74. The first-order valence-corrected chi connectivity index (χ1v) is 11.0. The van der Waals surface area contributed by atoms with Crippen LogP contribution in [0.5, 0.6) is 5.75 Å². The van der Waals surface area contributed by atoms with E-state index in [0.29, 0.717) is 24.5 Å². The molecule has 1 aliphatic heterocycles. The minimum absolute atomic E-state index is 0.162. The Balaban J connectivity index is 1.56. The van der Waals surface area contributed by atoms with Crippen molar-refractivity contribution in [2.24, 2.45) is 0 Å². The number of hydrogen-bond acceptors (Lipinski definition) is 4. The van der Waals surface area contributed by atoms with E-state index < -0.39 is 10.0 Å². The quantitative estimate of drug-likeness (QED) is 0.725. The van der Waals surface area contributed by atoms with Gasteiger partial charge in [-0.15, -0.1) is 0 Å². The first-order chi connectivity index (χ1) is 12.9. The average molecular weight is 453 g/mol. The molecular formula is C19H21BrN2O4S. The maximum atomic E-state index is 12.6. The molecule has 0 unspecified atom stereocenters. The van der Waals surface area contributed by atoms with Crippen LogP contribution in [0, 0.1) is 0 Å². The lowest BCUT2D eigenvalue weighted by atomic mass is 10.2. The normalized spacial score (nSPS) is 15.3. The molecule has 1 saturated heterocycles. The number of piperidine rings is 1. The standard InChI is InChI=1S/C19H21BrN2O4S/c20-15-5-4-6-16(13-15)21-19(23)14-26-17-7-9-18(10-8-17)27(24,25)22-11-2-1-3-12-22/h4-10,13H,1-3,11-12,14H2,(H,21,23). The number of hydrogen-bond donors (Lipinski definition) is 1. The fourth-order valence-electron chi connectivity index (χ4n) is 2.87. The van der Waals surface area contributed by atoms with Crippen molar-refractivity contribution in [3.63, 3.8) is 0 Å². The summed E-state index contributed by atoms with van der Waals surface area (Å²) in [7, 11) is -3.46. The number of rotatable bonds is 6. The van der Waals surface area contributed by atoms with Crippen LogP contribution in [0.15, 0.2) is 57.9 Å². The summed E-state index contributed by atoms with van der Waals surface area (Å²) in [5.74, 6) is 0.148. The maximum absolute atomic E-state index is 12.6. The second kappa shape index (κ2) is 8.86. The maximum Gasteiger partial charge on any atom is 0.262 e. The smallest absolute Gasteiger partial charge is 0.262 e. The first-order valence-electron chi connectivity index (χ1n) is 8.73. The van der Waals surface area contributed by atoms with E-state index in [9.17, 15) is 13.2 Å². The summed E-state index contributed by atoms with van der Waals surface area (Å²) in [6.45, 7) is 0.970. The monoisotopic (exact) mass is 452 g/mol. The summed E-state index contributed by atoms with van der Waals surface area (Å²) < 4.78 is 33.1. The number of anilines is 1. The molecule has 1 N–H and O–H groups in total. The largest absolute Gasteiger partial charge is 0.484 e. The highest BCUT2D eigenvalue weighted by Gasteiger charge is 2.25. The van der Waals surface area contributed by atoms with Gasteiger partial charge in [0.15, 0.2) is 6.61 Å². The molecule has 0 aromatic heterocycles. The van der Waals surface area contributed by atoms with Gasteiger partial charge in [-0.2, -0.15) is 4.31 Å². The Morgan fingerprint density at radius 3 is 2.44 bits per heavy atom.